The predicted octanol–water partition coefficient (Wildman–Crippen LogP) is 18.0. The van der Waals surface area contributed by atoms with Crippen molar-refractivity contribution in [1.29, 1.82) is 0 Å². The Kier molecular flexibility index (Phi) is 50.4. The van der Waals surface area contributed by atoms with Crippen molar-refractivity contribution in [1.82, 2.24) is 0 Å². The molecular weight excluding hydrogens is 793 g/mol. The van der Waals surface area contributed by atoms with Crippen LogP contribution in [-0.4, -0.2) is 37.2 Å². The van der Waals surface area contributed by atoms with Gasteiger partial charge in [0, 0.05) is 19.3 Å². The van der Waals surface area contributed by atoms with Crippen molar-refractivity contribution in [2.45, 2.75) is 277 Å². The van der Waals surface area contributed by atoms with E-state index in [0.29, 0.717) is 19.3 Å². The average Bonchev–Trinajstić information content (AvgIpc) is 3.29. The number of hydrogen-bond acceptors (Lipinski definition) is 6. The second-order valence-corrected chi connectivity index (χ2v) is 18.1. The fourth-order valence-electron chi connectivity index (χ4n) is 7.66. The smallest absolute Gasteiger partial charge is 0.306 e. The number of unbranched alkanes of at least 4 members (excludes halogenated alkanes) is 28. The molecule has 6 heteroatoms. The fraction of sp³-hybridized carbons (Fsp3) is 0.776. The van der Waals surface area contributed by atoms with Gasteiger partial charge in [-0.2, -0.15) is 0 Å². The zero-order valence-corrected chi connectivity index (χ0v) is 42.3. The maximum atomic E-state index is 12.7. The number of hydrogen-bond donors (Lipinski definition) is 0. The van der Waals surface area contributed by atoms with E-state index in [1.54, 1.807) is 0 Å². The molecule has 0 bridgehead atoms. The van der Waals surface area contributed by atoms with Crippen molar-refractivity contribution in [3.63, 3.8) is 0 Å². The minimum absolute atomic E-state index is 0.0773. The lowest BCUT2D eigenvalue weighted by atomic mass is 10.0. The standard InChI is InChI=1S/C58H102O6/c1-4-7-10-13-15-17-19-21-23-25-26-27-28-29-30-31-32-33-35-36-38-40-42-45-48-51-57(60)63-54-55(53-62-56(59)50-47-44-12-9-6-3)64-58(61)52-49-46-43-41-39-37-34-24-22-20-18-16-14-11-8-5-2/h7,10,15,17,21,23-24,26-27,34,55H,4-6,8-9,11-14,16,18-20,22,25,28-33,35-54H2,1-3H3/b10-7-,17-15-,23-21-,27-26-,34-24-. The van der Waals surface area contributed by atoms with Crippen LogP contribution in [0, 0.1) is 0 Å². The quantitative estimate of drug-likeness (QED) is 0.0262. The van der Waals surface area contributed by atoms with E-state index in [4.69, 9.17) is 14.2 Å². The summed E-state index contributed by atoms with van der Waals surface area (Å²) in [6, 6.07) is 0. The lowest BCUT2D eigenvalue weighted by Crippen LogP contribution is -2.30. The maximum Gasteiger partial charge on any atom is 0.306 e. The van der Waals surface area contributed by atoms with E-state index in [-0.39, 0.29) is 31.1 Å². The lowest BCUT2D eigenvalue weighted by Gasteiger charge is -2.18. The van der Waals surface area contributed by atoms with E-state index in [1.807, 2.05) is 0 Å². The molecule has 0 radical (unpaired) electrons. The van der Waals surface area contributed by atoms with Gasteiger partial charge in [-0.3, -0.25) is 14.4 Å². The summed E-state index contributed by atoms with van der Waals surface area (Å²) in [5.41, 5.74) is 0. The summed E-state index contributed by atoms with van der Waals surface area (Å²) in [4.78, 5) is 37.7. The summed E-state index contributed by atoms with van der Waals surface area (Å²) in [7, 11) is 0. The predicted molar refractivity (Wildman–Crippen MR) is 275 cm³/mol. The van der Waals surface area contributed by atoms with Crippen LogP contribution < -0.4 is 0 Å². The van der Waals surface area contributed by atoms with E-state index in [0.717, 1.165) is 96.3 Å². The molecule has 0 aliphatic heterocycles. The van der Waals surface area contributed by atoms with Crippen LogP contribution in [0.3, 0.4) is 0 Å². The fourth-order valence-corrected chi connectivity index (χ4v) is 7.66. The first-order valence-electron chi connectivity index (χ1n) is 27.3. The van der Waals surface area contributed by atoms with Crippen molar-refractivity contribution in [2.75, 3.05) is 13.2 Å². The van der Waals surface area contributed by atoms with E-state index in [9.17, 15) is 14.4 Å². The first kappa shape index (κ1) is 61.1. The number of carbonyl (C=O) groups excluding carboxylic acids is 3. The van der Waals surface area contributed by atoms with E-state index in [2.05, 4.69) is 81.5 Å². The van der Waals surface area contributed by atoms with Crippen molar-refractivity contribution < 1.29 is 28.6 Å². The SMILES string of the molecule is CC/C=C\C/C=C\C/C=C\C/C=C\CCCCCCCCCCCCCCC(=O)OCC(COC(=O)CCCCCCC)OC(=O)CCCCCCC/C=C\CCCCCCCCC. The van der Waals surface area contributed by atoms with Gasteiger partial charge in [0.25, 0.3) is 0 Å². The van der Waals surface area contributed by atoms with Gasteiger partial charge in [0.1, 0.15) is 13.2 Å². The largest absolute Gasteiger partial charge is 0.462 e. The zero-order valence-electron chi connectivity index (χ0n) is 42.3. The summed E-state index contributed by atoms with van der Waals surface area (Å²) in [6.45, 7) is 6.45. The minimum atomic E-state index is -0.774. The van der Waals surface area contributed by atoms with Crippen molar-refractivity contribution in [2.24, 2.45) is 0 Å². The summed E-state index contributed by atoms with van der Waals surface area (Å²) in [6.07, 6.45) is 65.4. The van der Waals surface area contributed by atoms with Crippen molar-refractivity contribution in [3.8, 4) is 0 Å². The Labute approximate surface area is 396 Å². The molecule has 0 fully saturated rings. The summed E-state index contributed by atoms with van der Waals surface area (Å²) in [5.74, 6) is -0.895. The van der Waals surface area contributed by atoms with E-state index in [1.165, 1.54) is 135 Å². The topological polar surface area (TPSA) is 78.9 Å². The van der Waals surface area contributed by atoms with Gasteiger partial charge >= 0.3 is 17.9 Å². The van der Waals surface area contributed by atoms with Gasteiger partial charge in [-0.25, -0.2) is 0 Å². The third kappa shape index (κ3) is 50.1. The number of esters is 3. The molecule has 0 aromatic heterocycles. The molecule has 370 valence electrons. The molecule has 0 aromatic rings. The van der Waals surface area contributed by atoms with Gasteiger partial charge < -0.3 is 14.2 Å². The van der Waals surface area contributed by atoms with Gasteiger partial charge in [-0.05, 0) is 83.5 Å². The molecule has 0 aliphatic rings. The van der Waals surface area contributed by atoms with Crippen LogP contribution in [0.1, 0.15) is 271 Å². The van der Waals surface area contributed by atoms with Gasteiger partial charge in [0.05, 0.1) is 0 Å². The third-order valence-electron chi connectivity index (χ3n) is 11.8. The molecule has 1 atom stereocenters. The Morgan fingerprint density at radius 1 is 0.328 bits per heavy atom. The molecule has 0 amide bonds. The number of rotatable bonds is 49. The minimum Gasteiger partial charge on any atom is -0.462 e. The summed E-state index contributed by atoms with van der Waals surface area (Å²) in [5, 5.41) is 0. The first-order chi connectivity index (χ1) is 31.5. The molecule has 0 saturated heterocycles. The highest BCUT2D eigenvalue weighted by molar-refractivity contribution is 5.71. The molecule has 1 unspecified atom stereocenters. The second kappa shape index (κ2) is 52.7. The molecule has 0 N–H and O–H groups in total. The van der Waals surface area contributed by atoms with Crippen molar-refractivity contribution in [3.05, 3.63) is 60.8 Å². The van der Waals surface area contributed by atoms with Crippen LogP contribution >= 0.6 is 0 Å². The Morgan fingerprint density at radius 2 is 0.609 bits per heavy atom. The third-order valence-corrected chi connectivity index (χ3v) is 11.8. The highest BCUT2D eigenvalue weighted by Crippen LogP contribution is 2.15. The van der Waals surface area contributed by atoms with E-state index < -0.39 is 6.10 Å². The van der Waals surface area contributed by atoms with Crippen LogP contribution in [-0.2, 0) is 28.6 Å². The van der Waals surface area contributed by atoms with Crippen LogP contribution in [0.25, 0.3) is 0 Å². The molecule has 0 heterocycles. The first-order valence-corrected chi connectivity index (χ1v) is 27.3. The van der Waals surface area contributed by atoms with E-state index >= 15 is 0 Å². The monoisotopic (exact) mass is 895 g/mol. The van der Waals surface area contributed by atoms with Crippen LogP contribution in [0.15, 0.2) is 60.8 Å². The highest BCUT2D eigenvalue weighted by atomic mass is 16.6. The molecule has 0 aromatic carbocycles. The van der Waals surface area contributed by atoms with Crippen LogP contribution in [0.2, 0.25) is 0 Å². The molecular formula is C58H102O6. The lowest BCUT2D eigenvalue weighted by molar-refractivity contribution is -0.167. The normalized spacial score (nSPS) is 12.5. The summed E-state index contributed by atoms with van der Waals surface area (Å²) >= 11 is 0. The van der Waals surface area contributed by atoms with Crippen LogP contribution in [0.5, 0.6) is 0 Å². The highest BCUT2D eigenvalue weighted by Gasteiger charge is 2.19. The second-order valence-electron chi connectivity index (χ2n) is 18.1. The van der Waals surface area contributed by atoms with Gasteiger partial charge in [-0.15, -0.1) is 0 Å². The molecule has 0 rings (SSSR count). The Bertz CT molecular complexity index is 1170. The van der Waals surface area contributed by atoms with Crippen LogP contribution in [0.4, 0.5) is 0 Å². The maximum absolute atomic E-state index is 12.7. The molecule has 6 nitrogen and oxygen atoms in total. The molecule has 0 saturated carbocycles. The Balaban J connectivity index is 4.09. The molecule has 0 aliphatic carbocycles. The average molecular weight is 895 g/mol. The Hall–Kier alpha value is -2.89. The van der Waals surface area contributed by atoms with Gasteiger partial charge in [0.2, 0.25) is 0 Å². The molecule has 0 spiro atoms. The van der Waals surface area contributed by atoms with Crippen molar-refractivity contribution >= 4 is 17.9 Å². The number of ether oxygens (including phenoxy) is 3. The number of allylic oxidation sites excluding steroid dienone is 10. The number of carbonyl (C=O) groups is 3. The summed E-state index contributed by atoms with van der Waals surface area (Å²) < 4.78 is 16.7. The van der Waals surface area contributed by atoms with Gasteiger partial charge in [-0.1, -0.05) is 229 Å². The van der Waals surface area contributed by atoms with Gasteiger partial charge in [0.15, 0.2) is 6.10 Å². The Morgan fingerprint density at radius 3 is 0.969 bits per heavy atom. The zero-order chi connectivity index (χ0) is 46.5. The molecule has 64 heavy (non-hydrogen) atoms.